The van der Waals surface area contributed by atoms with Gasteiger partial charge in [0.05, 0.1) is 0 Å². The molecule has 0 aromatic carbocycles. The number of amides is 2. The second-order valence-corrected chi connectivity index (χ2v) is 2.97. The zero-order chi connectivity index (χ0) is 7.56. The van der Waals surface area contributed by atoms with Crippen LogP contribution in [0.25, 0.3) is 0 Å². The normalized spacial score (nSPS) is 18.3. The van der Waals surface area contributed by atoms with Gasteiger partial charge >= 0.3 is 0 Å². The summed E-state index contributed by atoms with van der Waals surface area (Å²) in [5.74, 6) is -0.362. The van der Waals surface area contributed by atoms with E-state index in [0.29, 0.717) is 14.9 Å². The molecule has 0 saturated heterocycles. The Balaban J connectivity index is 2.60. The minimum Gasteiger partial charge on any atom is -0.271 e. The van der Waals surface area contributed by atoms with Crippen molar-refractivity contribution in [1.82, 2.24) is 4.90 Å². The van der Waals surface area contributed by atoms with Crippen LogP contribution in [0.2, 0.25) is 0 Å². The Hall–Kier alpha value is -0.690. The summed E-state index contributed by atoms with van der Waals surface area (Å²) in [6.07, 6.45) is 3.18. The SMILES string of the molecule is CPCN1C(=O)C=CC1=O. The molecular formula is C6H8NO2P. The summed E-state index contributed by atoms with van der Waals surface area (Å²) in [6, 6.07) is 0. The van der Waals surface area contributed by atoms with Gasteiger partial charge in [0.15, 0.2) is 0 Å². The van der Waals surface area contributed by atoms with Crippen LogP contribution in [0.4, 0.5) is 0 Å². The van der Waals surface area contributed by atoms with Crippen LogP contribution in [0.15, 0.2) is 12.2 Å². The summed E-state index contributed by atoms with van der Waals surface area (Å²) < 4.78 is 0. The second kappa shape index (κ2) is 2.93. The van der Waals surface area contributed by atoms with Crippen LogP contribution >= 0.6 is 8.58 Å². The van der Waals surface area contributed by atoms with Gasteiger partial charge in [-0.1, -0.05) is 0 Å². The summed E-state index contributed by atoms with van der Waals surface area (Å²) in [5, 5.41) is 0. The maximum absolute atomic E-state index is 10.8. The molecule has 0 N–H and O–H groups in total. The molecule has 0 fully saturated rings. The summed E-state index contributed by atoms with van der Waals surface area (Å²) in [7, 11) is 0.608. The maximum atomic E-state index is 10.8. The molecule has 0 radical (unpaired) electrons. The van der Waals surface area contributed by atoms with Gasteiger partial charge in [0.2, 0.25) is 0 Å². The van der Waals surface area contributed by atoms with Gasteiger partial charge < -0.3 is 0 Å². The lowest BCUT2D eigenvalue weighted by Crippen LogP contribution is -2.28. The highest BCUT2D eigenvalue weighted by Gasteiger charge is 2.21. The molecule has 1 rings (SSSR count). The van der Waals surface area contributed by atoms with Crippen molar-refractivity contribution < 1.29 is 9.59 Å². The van der Waals surface area contributed by atoms with Gasteiger partial charge in [0, 0.05) is 18.4 Å². The average Bonchev–Trinajstić information content (AvgIpc) is 2.20. The first-order valence-electron chi connectivity index (χ1n) is 2.94. The Bertz CT molecular complexity index is 182. The standard InChI is InChI=1S/C6H8NO2P/c1-10-4-7-5(8)2-3-6(7)9/h2-3,10H,4H2,1H3. The molecule has 1 atom stereocenters. The van der Waals surface area contributed by atoms with E-state index in [2.05, 4.69) is 0 Å². The Morgan fingerprint density at radius 2 is 1.90 bits per heavy atom. The largest absolute Gasteiger partial charge is 0.271 e. The van der Waals surface area contributed by atoms with Crippen molar-refractivity contribution in [3.63, 3.8) is 0 Å². The third-order valence-corrected chi connectivity index (χ3v) is 1.85. The van der Waals surface area contributed by atoms with E-state index in [4.69, 9.17) is 0 Å². The molecule has 4 heteroatoms. The first-order chi connectivity index (χ1) is 4.75. The second-order valence-electron chi connectivity index (χ2n) is 1.95. The van der Waals surface area contributed by atoms with Crippen LogP contribution in [-0.4, -0.2) is 29.7 Å². The summed E-state index contributed by atoms with van der Waals surface area (Å²) in [6.45, 7) is 1.96. The molecule has 0 spiro atoms. The topological polar surface area (TPSA) is 37.4 Å². The van der Waals surface area contributed by atoms with Crippen LogP contribution in [0.1, 0.15) is 0 Å². The first kappa shape index (κ1) is 7.42. The Morgan fingerprint density at radius 1 is 1.40 bits per heavy atom. The molecule has 1 heterocycles. The smallest absolute Gasteiger partial charge is 0.253 e. The Kier molecular flexibility index (Phi) is 2.17. The molecular weight excluding hydrogens is 149 g/mol. The third-order valence-electron chi connectivity index (χ3n) is 1.22. The summed E-state index contributed by atoms with van der Waals surface area (Å²) in [4.78, 5) is 22.8. The van der Waals surface area contributed by atoms with Gasteiger partial charge in [-0.05, 0) is 6.66 Å². The van der Waals surface area contributed by atoms with Gasteiger partial charge in [0.1, 0.15) is 0 Å². The van der Waals surface area contributed by atoms with Gasteiger partial charge in [0.25, 0.3) is 11.8 Å². The van der Waals surface area contributed by atoms with E-state index >= 15 is 0 Å². The number of nitrogens with zero attached hydrogens (tertiary/aromatic N) is 1. The number of hydrogen-bond donors (Lipinski definition) is 0. The molecule has 0 aliphatic carbocycles. The van der Waals surface area contributed by atoms with Crippen LogP contribution in [0, 0.1) is 0 Å². The third kappa shape index (κ3) is 1.24. The molecule has 54 valence electrons. The van der Waals surface area contributed by atoms with Gasteiger partial charge in [-0.2, -0.15) is 0 Å². The van der Waals surface area contributed by atoms with E-state index in [0.717, 1.165) is 0 Å². The zero-order valence-electron chi connectivity index (χ0n) is 5.63. The molecule has 0 bridgehead atoms. The van der Waals surface area contributed by atoms with Crippen molar-refractivity contribution in [3.8, 4) is 0 Å². The van der Waals surface area contributed by atoms with Crippen molar-refractivity contribution in [2.75, 3.05) is 13.0 Å². The van der Waals surface area contributed by atoms with Gasteiger partial charge in [-0.15, -0.1) is 8.58 Å². The highest BCUT2D eigenvalue weighted by atomic mass is 31.1. The monoisotopic (exact) mass is 157 g/mol. The lowest BCUT2D eigenvalue weighted by Gasteiger charge is -2.10. The van der Waals surface area contributed by atoms with E-state index in [1.807, 2.05) is 6.66 Å². The predicted octanol–water partition coefficient (Wildman–Crippen LogP) is 0.177. The number of rotatable bonds is 2. The molecule has 1 aliphatic heterocycles. The highest BCUT2D eigenvalue weighted by molar-refractivity contribution is 7.37. The maximum Gasteiger partial charge on any atom is 0.253 e. The molecule has 3 nitrogen and oxygen atoms in total. The quantitative estimate of drug-likeness (QED) is 0.423. The minimum absolute atomic E-state index is 0.181. The van der Waals surface area contributed by atoms with Gasteiger partial charge in [-0.25, -0.2) is 0 Å². The molecule has 10 heavy (non-hydrogen) atoms. The summed E-state index contributed by atoms with van der Waals surface area (Å²) in [5.41, 5.74) is 0. The lowest BCUT2D eigenvalue weighted by atomic mass is 10.6. The van der Waals surface area contributed by atoms with E-state index < -0.39 is 0 Å². The number of hydrogen-bond acceptors (Lipinski definition) is 2. The van der Waals surface area contributed by atoms with Gasteiger partial charge in [-0.3, -0.25) is 14.5 Å². The zero-order valence-corrected chi connectivity index (χ0v) is 6.63. The van der Waals surface area contributed by atoms with Crippen LogP contribution in [0.5, 0.6) is 0 Å². The molecule has 2 amide bonds. The Morgan fingerprint density at radius 3 is 2.30 bits per heavy atom. The van der Waals surface area contributed by atoms with E-state index in [1.165, 1.54) is 17.1 Å². The summed E-state index contributed by atoms with van der Waals surface area (Å²) >= 11 is 0. The molecule has 1 aliphatic rings. The number of carbonyl (C=O) groups is 2. The van der Waals surface area contributed by atoms with Crippen LogP contribution < -0.4 is 0 Å². The lowest BCUT2D eigenvalue weighted by molar-refractivity contribution is -0.135. The van der Waals surface area contributed by atoms with Crippen molar-refractivity contribution in [1.29, 1.82) is 0 Å². The fourth-order valence-corrected chi connectivity index (χ4v) is 1.37. The van der Waals surface area contributed by atoms with Crippen LogP contribution in [0.3, 0.4) is 0 Å². The first-order valence-corrected chi connectivity index (χ1v) is 4.64. The van der Waals surface area contributed by atoms with E-state index in [1.54, 1.807) is 0 Å². The number of carbonyl (C=O) groups excluding carboxylic acids is 2. The van der Waals surface area contributed by atoms with Crippen molar-refractivity contribution in [2.24, 2.45) is 0 Å². The van der Waals surface area contributed by atoms with E-state index in [-0.39, 0.29) is 11.8 Å². The highest BCUT2D eigenvalue weighted by Crippen LogP contribution is 2.11. The molecule has 0 saturated carbocycles. The molecule has 0 aromatic heterocycles. The molecule has 0 aromatic rings. The van der Waals surface area contributed by atoms with Crippen LogP contribution in [-0.2, 0) is 9.59 Å². The average molecular weight is 157 g/mol. The fraction of sp³-hybridized carbons (Fsp3) is 0.333. The van der Waals surface area contributed by atoms with Crippen molar-refractivity contribution in [2.45, 2.75) is 0 Å². The van der Waals surface area contributed by atoms with Crippen molar-refractivity contribution >= 4 is 20.4 Å². The predicted molar refractivity (Wildman–Crippen MR) is 40.1 cm³/mol. The minimum atomic E-state index is -0.181. The number of imide groups is 1. The van der Waals surface area contributed by atoms with E-state index in [9.17, 15) is 9.59 Å². The van der Waals surface area contributed by atoms with Crippen molar-refractivity contribution in [3.05, 3.63) is 12.2 Å². The Labute approximate surface area is 60.9 Å². The fourth-order valence-electron chi connectivity index (χ4n) is 0.745. The molecule has 1 unspecified atom stereocenters.